The highest BCUT2D eigenvalue weighted by Gasteiger charge is 2.20. The van der Waals surface area contributed by atoms with Crippen LogP contribution in [0.5, 0.6) is 0 Å². The molecule has 1 saturated heterocycles. The number of carbonyl (C=O) groups excluding carboxylic acids is 1. The number of nitrogen functional groups attached to an aromatic ring is 1. The van der Waals surface area contributed by atoms with Crippen molar-refractivity contribution in [1.29, 1.82) is 0 Å². The Hall–Kier alpha value is -1.27. The Morgan fingerprint density at radius 3 is 2.72 bits per heavy atom. The van der Waals surface area contributed by atoms with Crippen LogP contribution in [0.3, 0.4) is 0 Å². The summed E-state index contributed by atoms with van der Waals surface area (Å²) in [4.78, 5) is 17.0. The van der Waals surface area contributed by atoms with Crippen LogP contribution in [0.1, 0.15) is 16.6 Å². The summed E-state index contributed by atoms with van der Waals surface area (Å²) < 4.78 is 0. The molecule has 100 valence electrons. The zero-order valence-electron chi connectivity index (χ0n) is 10.9. The second kappa shape index (κ2) is 5.58. The number of likely N-dealkylation sites (N-methyl/N-ethyl adjacent to an activating group) is 1. The highest BCUT2D eigenvalue weighted by Crippen LogP contribution is 2.32. The number of nitrogens with zero attached hydrogens (tertiary/aromatic N) is 2. The van der Waals surface area contributed by atoms with Gasteiger partial charge in [0.05, 0.1) is 10.7 Å². The molecule has 0 unspecified atom stereocenters. The van der Waals surface area contributed by atoms with Crippen molar-refractivity contribution in [2.24, 2.45) is 0 Å². The van der Waals surface area contributed by atoms with Gasteiger partial charge < -0.3 is 20.9 Å². The minimum Gasteiger partial charge on any atom is -0.397 e. The van der Waals surface area contributed by atoms with Crippen LogP contribution >= 0.6 is 11.3 Å². The van der Waals surface area contributed by atoms with Crippen molar-refractivity contribution in [2.75, 3.05) is 50.4 Å². The molecule has 1 aromatic heterocycles. The number of hydrogen-bond donors (Lipinski definition) is 2. The van der Waals surface area contributed by atoms with Gasteiger partial charge in [-0.25, -0.2) is 0 Å². The second-order valence-corrected chi connectivity index (χ2v) is 5.55. The molecule has 0 saturated carbocycles. The Kier molecular flexibility index (Phi) is 4.08. The molecule has 0 atom stereocenters. The van der Waals surface area contributed by atoms with E-state index in [0.717, 1.165) is 31.2 Å². The van der Waals surface area contributed by atoms with E-state index in [4.69, 9.17) is 5.73 Å². The summed E-state index contributed by atoms with van der Waals surface area (Å²) in [5, 5.41) is 3.89. The molecule has 1 aliphatic heterocycles. The highest BCUT2D eigenvalue weighted by atomic mass is 32.1. The second-order valence-electron chi connectivity index (χ2n) is 4.52. The number of hydrogen-bond acceptors (Lipinski definition) is 5. The molecule has 0 spiro atoms. The van der Waals surface area contributed by atoms with Gasteiger partial charge in [0.2, 0.25) is 0 Å². The van der Waals surface area contributed by atoms with Gasteiger partial charge in [0.15, 0.2) is 0 Å². The first-order chi connectivity index (χ1) is 8.61. The van der Waals surface area contributed by atoms with Crippen LogP contribution < -0.4 is 16.0 Å². The summed E-state index contributed by atoms with van der Waals surface area (Å²) in [5.74, 6) is -0.0691. The molecule has 1 fully saturated rings. The lowest BCUT2D eigenvalue weighted by molar-refractivity contribution is 0.0960. The smallest absolute Gasteiger partial charge is 0.263 e. The maximum absolute atomic E-state index is 11.8. The van der Waals surface area contributed by atoms with E-state index < -0.39 is 0 Å². The Morgan fingerprint density at radius 1 is 1.44 bits per heavy atom. The summed E-state index contributed by atoms with van der Waals surface area (Å²) in [6.45, 7) is 6.61. The number of thiophene rings is 1. The molecule has 0 aliphatic carbocycles. The van der Waals surface area contributed by atoms with E-state index >= 15 is 0 Å². The molecule has 0 aromatic carbocycles. The van der Waals surface area contributed by atoms with E-state index in [1.54, 1.807) is 0 Å². The van der Waals surface area contributed by atoms with Gasteiger partial charge in [-0.15, -0.1) is 11.3 Å². The van der Waals surface area contributed by atoms with Crippen LogP contribution in [0.15, 0.2) is 6.07 Å². The molecule has 18 heavy (non-hydrogen) atoms. The normalized spacial score (nSPS) is 16.9. The van der Waals surface area contributed by atoms with Crippen molar-refractivity contribution >= 4 is 27.9 Å². The fourth-order valence-electron chi connectivity index (χ4n) is 1.99. The van der Waals surface area contributed by atoms with E-state index in [1.807, 2.05) is 13.0 Å². The van der Waals surface area contributed by atoms with Crippen molar-refractivity contribution in [1.82, 2.24) is 10.2 Å². The summed E-state index contributed by atoms with van der Waals surface area (Å²) in [7, 11) is 2.13. The molecule has 1 aromatic rings. The van der Waals surface area contributed by atoms with Crippen LogP contribution in [0, 0.1) is 0 Å². The molecule has 1 aliphatic rings. The zero-order chi connectivity index (χ0) is 13.1. The van der Waals surface area contributed by atoms with Gasteiger partial charge >= 0.3 is 0 Å². The summed E-state index contributed by atoms with van der Waals surface area (Å²) in [5.41, 5.74) is 6.50. The lowest BCUT2D eigenvalue weighted by atomic mass is 10.3. The number of nitrogens with two attached hydrogens (primary N) is 1. The topological polar surface area (TPSA) is 61.6 Å². The third-order valence-corrected chi connectivity index (χ3v) is 4.32. The molecular formula is C12H20N4OS. The zero-order valence-corrected chi connectivity index (χ0v) is 11.7. The van der Waals surface area contributed by atoms with Crippen molar-refractivity contribution in [3.05, 3.63) is 10.9 Å². The summed E-state index contributed by atoms with van der Waals surface area (Å²) in [6, 6.07) is 1.92. The first kappa shape index (κ1) is 13.2. The number of amides is 1. The first-order valence-corrected chi connectivity index (χ1v) is 7.04. The fraction of sp³-hybridized carbons (Fsp3) is 0.583. The average Bonchev–Trinajstić information content (AvgIpc) is 2.72. The number of rotatable bonds is 3. The van der Waals surface area contributed by atoms with E-state index in [1.165, 1.54) is 11.3 Å². The number of piperazine rings is 1. The van der Waals surface area contributed by atoms with Crippen LogP contribution in [0.2, 0.25) is 0 Å². The molecule has 6 heteroatoms. The Labute approximate surface area is 112 Å². The van der Waals surface area contributed by atoms with Crippen LogP contribution in [-0.2, 0) is 0 Å². The average molecular weight is 268 g/mol. The Bertz CT molecular complexity index is 424. The van der Waals surface area contributed by atoms with Crippen LogP contribution in [0.4, 0.5) is 10.7 Å². The van der Waals surface area contributed by atoms with Crippen molar-refractivity contribution in [3.8, 4) is 0 Å². The molecule has 0 bridgehead atoms. The molecule has 5 nitrogen and oxygen atoms in total. The van der Waals surface area contributed by atoms with Gasteiger partial charge in [0.1, 0.15) is 4.88 Å². The van der Waals surface area contributed by atoms with E-state index in [2.05, 4.69) is 22.2 Å². The lowest BCUT2D eigenvalue weighted by Gasteiger charge is -2.32. The first-order valence-electron chi connectivity index (χ1n) is 6.22. The predicted molar refractivity (Wildman–Crippen MR) is 76.4 cm³/mol. The third kappa shape index (κ3) is 2.76. The fourth-order valence-corrected chi connectivity index (χ4v) is 3.04. The minimum absolute atomic E-state index is 0.0691. The Morgan fingerprint density at radius 2 is 2.11 bits per heavy atom. The molecule has 0 radical (unpaired) electrons. The van der Waals surface area contributed by atoms with E-state index in [0.29, 0.717) is 17.1 Å². The minimum atomic E-state index is -0.0691. The standard InChI is InChI=1S/C12H20N4OS/c1-3-14-12(17)11-9(13)8-10(18-11)16-6-4-15(2)5-7-16/h8H,3-7,13H2,1-2H3,(H,14,17). The molecule has 1 amide bonds. The van der Waals surface area contributed by atoms with E-state index in [9.17, 15) is 4.79 Å². The van der Waals surface area contributed by atoms with Gasteiger partial charge in [-0.1, -0.05) is 0 Å². The van der Waals surface area contributed by atoms with Gasteiger partial charge in [-0.3, -0.25) is 4.79 Å². The van der Waals surface area contributed by atoms with Crippen LogP contribution in [-0.4, -0.2) is 50.6 Å². The van der Waals surface area contributed by atoms with Gasteiger partial charge in [-0.2, -0.15) is 0 Å². The predicted octanol–water partition coefficient (Wildman–Crippen LogP) is 0.832. The van der Waals surface area contributed by atoms with Crippen molar-refractivity contribution in [3.63, 3.8) is 0 Å². The molecule has 3 N–H and O–H groups in total. The van der Waals surface area contributed by atoms with Crippen LogP contribution in [0.25, 0.3) is 0 Å². The third-order valence-electron chi connectivity index (χ3n) is 3.11. The largest absolute Gasteiger partial charge is 0.397 e. The number of anilines is 2. The molecule has 2 heterocycles. The monoisotopic (exact) mass is 268 g/mol. The lowest BCUT2D eigenvalue weighted by Crippen LogP contribution is -2.44. The number of carbonyl (C=O) groups is 1. The molecule has 2 rings (SSSR count). The van der Waals surface area contributed by atoms with Gasteiger partial charge in [0.25, 0.3) is 5.91 Å². The van der Waals surface area contributed by atoms with Gasteiger partial charge in [-0.05, 0) is 20.0 Å². The summed E-state index contributed by atoms with van der Waals surface area (Å²) >= 11 is 1.49. The summed E-state index contributed by atoms with van der Waals surface area (Å²) in [6.07, 6.45) is 0. The molecular weight excluding hydrogens is 248 g/mol. The maximum atomic E-state index is 11.8. The van der Waals surface area contributed by atoms with Crippen molar-refractivity contribution in [2.45, 2.75) is 6.92 Å². The number of nitrogens with one attached hydrogen (secondary N) is 1. The van der Waals surface area contributed by atoms with Crippen molar-refractivity contribution < 1.29 is 4.79 Å². The Balaban J connectivity index is 2.11. The highest BCUT2D eigenvalue weighted by molar-refractivity contribution is 7.18. The SMILES string of the molecule is CCNC(=O)c1sc(N2CCN(C)CC2)cc1N. The van der Waals surface area contributed by atoms with Gasteiger partial charge in [0, 0.05) is 32.7 Å². The quantitative estimate of drug-likeness (QED) is 0.852. The van der Waals surface area contributed by atoms with E-state index in [-0.39, 0.29) is 5.91 Å². The maximum Gasteiger partial charge on any atom is 0.263 e.